The number of hydrogen-bond acceptors (Lipinski definition) is 2. The van der Waals surface area contributed by atoms with Crippen molar-refractivity contribution in [2.45, 2.75) is 6.54 Å². The van der Waals surface area contributed by atoms with Gasteiger partial charge in [0.25, 0.3) is 0 Å². The van der Waals surface area contributed by atoms with E-state index in [4.69, 9.17) is 5.73 Å². The van der Waals surface area contributed by atoms with Crippen LogP contribution >= 0.6 is 0 Å². The van der Waals surface area contributed by atoms with Gasteiger partial charge in [0, 0.05) is 36.3 Å². The van der Waals surface area contributed by atoms with Crippen molar-refractivity contribution in [1.29, 1.82) is 0 Å². The van der Waals surface area contributed by atoms with Crippen LogP contribution in [0.25, 0.3) is 11.4 Å². The van der Waals surface area contributed by atoms with Crippen LogP contribution in [0.2, 0.25) is 0 Å². The summed E-state index contributed by atoms with van der Waals surface area (Å²) in [5.41, 5.74) is 7.78. The minimum atomic E-state index is -0.618. The number of benzene rings is 2. The lowest BCUT2D eigenvalue weighted by Gasteiger charge is -2.09. The van der Waals surface area contributed by atoms with E-state index >= 15 is 0 Å². The van der Waals surface area contributed by atoms with Gasteiger partial charge in [0.2, 0.25) is 0 Å². The Bertz CT molecular complexity index is 743. The maximum atomic E-state index is 13.3. The van der Waals surface area contributed by atoms with Crippen LogP contribution in [0.3, 0.4) is 0 Å². The summed E-state index contributed by atoms with van der Waals surface area (Å²) in [6.07, 6.45) is 3.38. The fraction of sp³-hybridized carbons (Fsp3) is 0.0625. The molecule has 0 aliphatic rings. The highest BCUT2D eigenvalue weighted by molar-refractivity contribution is 5.56. The molecule has 3 aromatic rings. The standard InChI is InChI=1S/C16H13F2N3/c17-13-7-12(8-14(18)9-13)16-20-5-6-21(16)10-11-1-3-15(19)4-2-11/h1-9H,10,19H2. The van der Waals surface area contributed by atoms with E-state index in [1.165, 1.54) is 12.1 Å². The third-order valence-electron chi connectivity index (χ3n) is 3.17. The number of nitrogens with two attached hydrogens (primary N) is 1. The molecular weight excluding hydrogens is 272 g/mol. The van der Waals surface area contributed by atoms with Crippen LogP contribution in [0.15, 0.2) is 54.9 Å². The Labute approximate surface area is 120 Å². The summed E-state index contributed by atoms with van der Waals surface area (Å²) in [6.45, 7) is 0.549. The van der Waals surface area contributed by atoms with Gasteiger partial charge in [0.1, 0.15) is 17.5 Å². The van der Waals surface area contributed by atoms with Gasteiger partial charge in [0.15, 0.2) is 0 Å². The molecule has 0 spiro atoms. The maximum absolute atomic E-state index is 13.3. The molecule has 0 aliphatic heterocycles. The highest BCUT2D eigenvalue weighted by atomic mass is 19.1. The van der Waals surface area contributed by atoms with Crippen LogP contribution in [0, 0.1) is 11.6 Å². The Balaban J connectivity index is 1.95. The van der Waals surface area contributed by atoms with Crippen LogP contribution < -0.4 is 5.73 Å². The first-order valence-corrected chi connectivity index (χ1v) is 6.44. The highest BCUT2D eigenvalue weighted by Gasteiger charge is 2.09. The van der Waals surface area contributed by atoms with E-state index in [9.17, 15) is 8.78 Å². The zero-order valence-electron chi connectivity index (χ0n) is 11.1. The van der Waals surface area contributed by atoms with Gasteiger partial charge in [-0.15, -0.1) is 0 Å². The summed E-state index contributed by atoms with van der Waals surface area (Å²) in [6, 6.07) is 10.8. The molecule has 0 saturated heterocycles. The van der Waals surface area contributed by atoms with E-state index in [-0.39, 0.29) is 0 Å². The summed E-state index contributed by atoms with van der Waals surface area (Å²) in [5.74, 6) is -0.718. The zero-order chi connectivity index (χ0) is 14.8. The lowest BCUT2D eigenvalue weighted by Crippen LogP contribution is -2.02. The summed E-state index contributed by atoms with van der Waals surface area (Å²) in [4.78, 5) is 4.19. The molecule has 5 heteroatoms. The number of imidazole rings is 1. The number of hydrogen-bond donors (Lipinski definition) is 1. The Morgan fingerprint density at radius 3 is 2.33 bits per heavy atom. The Hall–Kier alpha value is -2.69. The molecule has 0 unspecified atom stereocenters. The van der Waals surface area contributed by atoms with Crippen LogP contribution in [0.1, 0.15) is 5.56 Å². The number of anilines is 1. The van der Waals surface area contributed by atoms with Gasteiger partial charge in [0.05, 0.1) is 0 Å². The summed E-state index contributed by atoms with van der Waals surface area (Å²) >= 11 is 0. The third-order valence-corrected chi connectivity index (χ3v) is 3.17. The summed E-state index contributed by atoms with van der Waals surface area (Å²) in [7, 11) is 0. The first kappa shape index (κ1) is 13.3. The van der Waals surface area contributed by atoms with Crippen LogP contribution in [0.4, 0.5) is 14.5 Å². The number of aromatic nitrogens is 2. The minimum Gasteiger partial charge on any atom is -0.399 e. The predicted octanol–water partition coefficient (Wildman–Crippen LogP) is 3.46. The van der Waals surface area contributed by atoms with E-state index in [0.29, 0.717) is 23.6 Å². The fourth-order valence-corrected chi connectivity index (χ4v) is 2.20. The molecule has 0 saturated carbocycles. The monoisotopic (exact) mass is 285 g/mol. The van der Waals surface area contributed by atoms with Crippen molar-refractivity contribution in [2.75, 3.05) is 5.73 Å². The molecule has 0 atom stereocenters. The van der Waals surface area contributed by atoms with Crippen LogP contribution in [0.5, 0.6) is 0 Å². The topological polar surface area (TPSA) is 43.8 Å². The minimum absolute atomic E-state index is 0.410. The van der Waals surface area contributed by atoms with Crippen molar-refractivity contribution >= 4 is 5.69 Å². The first-order chi connectivity index (χ1) is 10.1. The number of halogens is 2. The van der Waals surface area contributed by atoms with Gasteiger partial charge in [-0.2, -0.15) is 0 Å². The van der Waals surface area contributed by atoms with Crippen molar-refractivity contribution in [3.63, 3.8) is 0 Å². The smallest absolute Gasteiger partial charge is 0.140 e. The van der Waals surface area contributed by atoms with Gasteiger partial charge in [-0.25, -0.2) is 13.8 Å². The summed E-state index contributed by atoms with van der Waals surface area (Å²) in [5, 5.41) is 0. The summed E-state index contributed by atoms with van der Waals surface area (Å²) < 4.78 is 28.5. The molecule has 0 radical (unpaired) electrons. The van der Waals surface area contributed by atoms with Crippen molar-refractivity contribution in [3.05, 3.63) is 72.1 Å². The predicted molar refractivity (Wildman–Crippen MR) is 77.5 cm³/mol. The largest absolute Gasteiger partial charge is 0.399 e. The molecule has 1 heterocycles. The van der Waals surface area contributed by atoms with Crippen LogP contribution in [-0.4, -0.2) is 9.55 Å². The molecule has 1 aromatic heterocycles. The molecule has 0 fully saturated rings. The molecule has 106 valence electrons. The molecule has 21 heavy (non-hydrogen) atoms. The molecule has 0 bridgehead atoms. The van der Waals surface area contributed by atoms with Crippen molar-refractivity contribution in [2.24, 2.45) is 0 Å². The molecule has 2 aromatic carbocycles. The molecular formula is C16H13F2N3. The van der Waals surface area contributed by atoms with E-state index in [1.54, 1.807) is 12.4 Å². The van der Waals surface area contributed by atoms with E-state index in [1.807, 2.05) is 28.8 Å². The Kier molecular flexibility index (Phi) is 3.39. The second-order valence-corrected chi connectivity index (χ2v) is 4.78. The Morgan fingerprint density at radius 1 is 1.00 bits per heavy atom. The molecule has 3 rings (SSSR count). The average molecular weight is 285 g/mol. The second-order valence-electron chi connectivity index (χ2n) is 4.78. The van der Waals surface area contributed by atoms with Crippen molar-refractivity contribution in [3.8, 4) is 11.4 Å². The highest BCUT2D eigenvalue weighted by Crippen LogP contribution is 2.21. The number of nitrogen functional groups attached to an aromatic ring is 1. The normalized spacial score (nSPS) is 10.8. The average Bonchev–Trinajstić information content (AvgIpc) is 2.88. The molecule has 2 N–H and O–H groups in total. The van der Waals surface area contributed by atoms with Crippen molar-refractivity contribution in [1.82, 2.24) is 9.55 Å². The fourth-order valence-electron chi connectivity index (χ4n) is 2.20. The molecule has 0 aliphatic carbocycles. The lowest BCUT2D eigenvalue weighted by molar-refractivity contribution is 0.583. The third kappa shape index (κ3) is 2.91. The van der Waals surface area contributed by atoms with E-state index < -0.39 is 11.6 Å². The number of nitrogens with zero attached hydrogens (tertiary/aromatic N) is 2. The van der Waals surface area contributed by atoms with Gasteiger partial charge in [-0.1, -0.05) is 12.1 Å². The molecule has 0 amide bonds. The van der Waals surface area contributed by atoms with Gasteiger partial charge in [-0.3, -0.25) is 0 Å². The van der Waals surface area contributed by atoms with E-state index in [0.717, 1.165) is 11.6 Å². The SMILES string of the molecule is Nc1ccc(Cn2ccnc2-c2cc(F)cc(F)c2)cc1. The van der Waals surface area contributed by atoms with Gasteiger partial charge in [-0.05, 0) is 29.8 Å². The second kappa shape index (κ2) is 5.36. The van der Waals surface area contributed by atoms with Crippen molar-refractivity contribution < 1.29 is 8.78 Å². The number of rotatable bonds is 3. The van der Waals surface area contributed by atoms with Gasteiger partial charge < -0.3 is 10.3 Å². The lowest BCUT2D eigenvalue weighted by atomic mass is 10.1. The molecule has 3 nitrogen and oxygen atoms in total. The quantitative estimate of drug-likeness (QED) is 0.749. The van der Waals surface area contributed by atoms with Crippen LogP contribution in [-0.2, 0) is 6.54 Å². The van der Waals surface area contributed by atoms with Gasteiger partial charge >= 0.3 is 0 Å². The zero-order valence-corrected chi connectivity index (χ0v) is 11.1. The van der Waals surface area contributed by atoms with E-state index in [2.05, 4.69) is 4.98 Å². The Morgan fingerprint density at radius 2 is 1.67 bits per heavy atom. The first-order valence-electron chi connectivity index (χ1n) is 6.44. The maximum Gasteiger partial charge on any atom is 0.140 e.